The second-order valence-corrected chi connectivity index (χ2v) is 12.3. The van der Waals surface area contributed by atoms with Crippen LogP contribution < -0.4 is 5.32 Å². The topological polar surface area (TPSA) is 76.5 Å². The molecule has 0 unspecified atom stereocenters. The summed E-state index contributed by atoms with van der Waals surface area (Å²) < 4.78 is 6.99. The molecule has 7 nitrogen and oxygen atoms in total. The minimum Gasteiger partial charge on any atom is -0.385 e. The lowest BCUT2D eigenvalue weighted by atomic mass is 9.86. The Kier molecular flexibility index (Phi) is 9.38. The number of hydrogen-bond donors (Lipinski definition) is 1. The number of aromatic nitrogens is 2. The highest BCUT2D eigenvalue weighted by Gasteiger charge is 2.24. The highest BCUT2D eigenvalue weighted by atomic mass is 16.5. The first-order valence-corrected chi connectivity index (χ1v) is 13.6. The lowest BCUT2D eigenvalue weighted by Crippen LogP contribution is -2.39. The molecule has 0 aliphatic carbocycles. The molecule has 0 saturated carbocycles. The average molecular weight is 533 g/mol. The molecule has 2 amide bonds. The largest absolute Gasteiger partial charge is 0.385 e. The Labute approximate surface area is 233 Å². The van der Waals surface area contributed by atoms with Crippen LogP contribution in [0.25, 0.3) is 5.69 Å². The molecule has 0 fully saturated rings. The van der Waals surface area contributed by atoms with Crippen LogP contribution >= 0.6 is 0 Å². The van der Waals surface area contributed by atoms with Gasteiger partial charge in [0.1, 0.15) is 12.4 Å². The fraction of sp³-hybridized carbons (Fsp3) is 0.469. The molecule has 2 aromatic carbocycles. The third-order valence-electron chi connectivity index (χ3n) is 6.72. The molecule has 0 aliphatic heterocycles. The fourth-order valence-corrected chi connectivity index (χ4v) is 4.37. The number of anilines is 1. The van der Waals surface area contributed by atoms with Crippen molar-refractivity contribution in [2.45, 2.75) is 72.6 Å². The SMILES string of the molecule is COCCCN(CC(=O)Nc1cc(C(C)(C)C)nn1-c1ccc(C)cc1C)C(=O)c1ccc(C(C)(C)C)cc1. The summed E-state index contributed by atoms with van der Waals surface area (Å²) in [6, 6.07) is 15.7. The van der Waals surface area contributed by atoms with E-state index < -0.39 is 0 Å². The first-order valence-electron chi connectivity index (χ1n) is 13.6. The quantitative estimate of drug-likeness (QED) is 0.333. The molecule has 7 heteroatoms. The van der Waals surface area contributed by atoms with E-state index in [0.29, 0.717) is 31.0 Å². The minimum atomic E-state index is -0.279. The van der Waals surface area contributed by atoms with Crippen molar-refractivity contribution < 1.29 is 14.3 Å². The molecule has 1 aromatic heterocycles. The summed E-state index contributed by atoms with van der Waals surface area (Å²) in [5, 5.41) is 7.89. The van der Waals surface area contributed by atoms with Crippen LogP contribution in [0.2, 0.25) is 0 Å². The maximum absolute atomic E-state index is 13.5. The van der Waals surface area contributed by atoms with Crippen LogP contribution in [0.4, 0.5) is 5.82 Å². The van der Waals surface area contributed by atoms with Gasteiger partial charge in [-0.3, -0.25) is 9.59 Å². The second-order valence-electron chi connectivity index (χ2n) is 12.3. The normalized spacial score (nSPS) is 11.9. The number of benzene rings is 2. The summed E-state index contributed by atoms with van der Waals surface area (Å²) in [6.07, 6.45) is 0.629. The highest BCUT2D eigenvalue weighted by Crippen LogP contribution is 2.28. The van der Waals surface area contributed by atoms with Crippen molar-refractivity contribution in [1.29, 1.82) is 0 Å². The number of aryl methyl sites for hydroxylation is 2. The van der Waals surface area contributed by atoms with E-state index in [0.717, 1.165) is 28.1 Å². The van der Waals surface area contributed by atoms with Crippen LogP contribution in [-0.2, 0) is 20.4 Å². The van der Waals surface area contributed by atoms with Gasteiger partial charge in [-0.15, -0.1) is 0 Å². The van der Waals surface area contributed by atoms with E-state index in [4.69, 9.17) is 9.84 Å². The third-order valence-corrected chi connectivity index (χ3v) is 6.72. The van der Waals surface area contributed by atoms with Gasteiger partial charge in [0.05, 0.1) is 11.4 Å². The van der Waals surface area contributed by atoms with E-state index >= 15 is 0 Å². The summed E-state index contributed by atoms with van der Waals surface area (Å²) in [4.78, 5) is 28.4. The van der Waals surface area contributed by atoms with Gasteiger partial charge in [-0.05, 0) is 55.0 Å². The molecular weight excluding hydrogens is 488 g/mol. The molecule has 0 spiro atoms. The number of nitrogens with one attached hydrogen (secondary N) is 1. The predicted molar refractivity (Wildman–Crippen MR) is 158 cm³/mol. The Hall–Kier alpha value is -3.45. The smallest absolute Gasteiger partial charge is 0.254 e. The van der Waals surface area contributed by atoms with E-state index in [2.05, 4.69) is 59.8 Å². The van der Waals surface area contributed by atoms with Crippen LogP contribution in [0, 0.1) is 13.8 Å². The van der Waals surface area contributed by atoms with Crippen molar-refractivity contribution in [3.8, 4) is 5.69 Å². The zero-order valence-electron chi connectivity index (χ0n) is 25.0. The standard InChI is InChI=1S/C32H44N4O3/c1-22-11-16-26(23(2)19-22)36-28(20-27(34-36)32(6,7)8)33-29(37)21-35(17-10-18-39-9)30(38)24-12-14-25(15-13-24)31(3,4)5/h11-16,19-20H,10,17-18,21H2,1-9H3,(H,33,37). The zero-order chi connectivity index (χ0) is 29.0. The van der Waals surface area contributed by atoms with E-state index in [9.17, 15) is 9.59 Å². The van der Waals surface area contributed by atoms with Crippen molar-refractivity contribution in [2.24, 2.45) is 0 Å². The molecule has 0 bridgehead atoms. The summed E-state index contributed by atoms with van der Waals surface area (Å²) in [5.74, 6) is 0.120. The maximum atomic E-state index is 13.5. The summed E-state index contributed by atoms with van der Waals surface area (Å²) >= 11 is 0. The Morgan fingerprint density at radius 3 is 2.18 bits per heavy atom. The molecule has 39 heavy (non-hydrogen) atoms. The first-order chi connectivity index (χ1) is 18.2. The molecule has 0 saturated heterocycles. The number of rotatable bonds is 9. The molecule has 1 heterocycles. The fourth-order valence-electron chi connectivity index (χ4n) is 4.37. The van der Waals surface area contributed by atoms with Gasteiger partial charge in [-0.2, -0.15) is 5.10 Å². The van der Waals surface area contributed by atoms with E-state index in [1.165, 1.54) is 0 Å². The lowest BCUT2D eigenvalue weighted by Gasteiger charge is -2.23. The van der Waals surface area contributed by atoms with E-state index in [1.807, 2.05) is 49.4 Å². The van der Waals surface area contributed by atoms with Gasteiger partial charge < -0.3 is 15.0 Å². The van der Waals surface area contributed by atoms with Crippen LogP contribution in [0.1, 0.15) is 80.7 Å². The highest BCUT2D eigenvalue weighted by molar-refractivity contribution is 5.99. The van der Waals surface area contributed by atoms with Crippen LogP contribution in [0.3, 0.4) is 0 Å². The number of nitrogens with zero attached hydrogens (tertiary/aromatic N) is 3. The molecule has 0 atom stereocenters. The van der Waals surface area contributed by atoms with E-state index in [-0.39, 0.29) is 29.2 Å². The van der Waals surface area contributed by atoms with Gasteiger partial charge in [0.2, 0.25) is 5.91 Å². The maximum Gasteiger partial charge on any atom is 0.254 e. The Balaban J connectivity index is 1.87. The molecule has 0 radical (unpaired) electrons. The van der Waals surface area contributed by atoms with Gasteiger partial charge in [-0.25, -0.2) is 4.68 Å². The number of amides is 2. The van der Waals surface area contributed by atoms with E-state index in [1.54, 1.807) is 16.7 Å². The zero-order valence-corrected chi connectivity index (χ0v) is 25.0. The second kappa shape index (κ2) is 12.2. The minimum absolute atomic E-state index is 0.00964. The van der Waals surface area contributed by atoms with Crippen molar-refractivity contribution in [3.05, 3.63) is 76.5 Å². The van der Waals surface area contributed by atoms with Crippen LogP contribution in [0.5, 0.6) is 0 Å². The van der Waals surface area contributed by atoms with Crippen molar-refractivity contribution in [3.63, 3.8) is 0 Å². The van der Waals surface area contributed by atoms with Gasteiger partial charge in [0.15, 0.2) is 0 Å². The number of methoxy groups -OCH3 is 1. The average Bonchev–Trinajstić information content (AvgIpc) is 3.26. The van der Waals surface area contributed by atoms with Crippen LogP contribution in [-0.4, -0.2) is 53.3 Å². The number of carbonyl (C=O) groups is 2. The van der Waals surface area contributed by atoms with Crippen molar-refractivity contribution in [1.82, 2.24) is 14.7 Å². The number of ether oxygens (including phenoxy) is 1. The van der Waals surface area contributed by atoms with Crippen molar-refractivity contribution >= 4 is 17.6 Å². The summed E-state index contributed by atoms with van der Waals surface area (Å²) in [6.45, 7) is 17.6. The molecular formula is C32H44N4O3. The third kappa shape index (κ3) is 7.79. The number of hydrogen-bond acceptors (Lipinski definition) is 4. The first kappa shape index (κ1) is 30.1. The Morgan fingerprint density at radius 2 is 1.62 bits per heavy atom. The number of carbonyl (C=O) groups excluding carboxylic acids is 2. The van der Waals surface area contributed by atoms with Crippen LogP contribution in [0.15, 0.2) is 48.5 Å². The van der Waals surface area contributed by atoms with Gasteiger partial charge >= 0.3 is 0 Å². The summed E-state index contributed by atoms with van der Waals surface area (Å²) in [7, 11) is 1.63. The van der Waals surface area contributed by atoms with Gasteiger partial charge in [0, 0.05) is 37.3 Å². The monoisotopic (exact) mass is 532 g/mol. The molecule has 210 valence electrons. The van der Waals surface area contributed by atoms with Gasteiger partial charge in [-0.1, -0.05) is 71.4 Å². The Morgan fingerprint density at radius 1 is 0.949 bits per heavy atom. The molecule has 0 aliphatic rings. The molecule has 3 rings (SSSR count). The van der Waals surface area contributed by atoms with Crippen molar-refractivity contribution in [2.75, 3.05) is 32.1 Å². The molecule has 3 aromatic rings. The Bertz CT molecular complexity index is 1290. The lowest BCUT2D eigenvalue weighted by molar-refractivity contribution is -0.117. The molecule has 1 N–H and O–H groups in total. The predicted octanol–water partition coefficient (Wildman–Crippen LogP) is 6.20. The summed E-state index contributed by atoms with van der Waals surface area (Å²) in [5.41, 5.74) is 5.48. The van der Waals surface area contributed by atoms with Gasteiger partial charge in [0.25, 0.3) is 5.91 Å².